The first kappa shape index (κ1) is 15.0. The van der Waals surface area contributed by atoms with Gasteiger partial charge in [0.15, 0.2) is 0 Å². The van der Waals surface area contributed by atoms with Gasteiger partial charge in [-0.2, -0.15) is 0 Å². The molecule has 0 bridgehead atoms. The van der Waals surface area contributed by atoms with Gasteiger partial charge in [0.25, 0.3) is 0 Å². The molecule has 0 aromatic heterocycles. The Hall–Kier alpha value is -1.10. The Kier molecular flexibility index (Phi) is 4.73. The second-order valence-electron chi connectivity index (χ2n) is 5.98. The number of esters is 1. The normalized spacial score (nSPS) is 21.5. The summed E-state index contributed by atoms with van der Waals surface area (Å²) in [4.78, 5) is 27.3. The average Bonchev–Trinajstić information content (AvgIpc) is 2.24. The number of carbonyl (C=O) groups excluding carboxylic acids is 2. The van der Waals surface area contributed by atoms with Crippen molar-refractivity contribution in [1.82, 2.24) is 9.80 Å². The van der Waals surface area contributed by atoms with Gasteiger partial charge < -0.3 is 14.5 Å². The van der Waals surface area contributed by atoms with Crippen LogP contribution < -0.4 is 0 Å². The molecule has 1 aliphatic heterocycles. The van der Waals surface area contributed by atoms with Crippen LogP contribution in [0.3, 0.4) is 0 Å². The molecule has 0 aromatic carbocycles. The van der Waals surface area contributed by atoms with Gasteiger partial charge in [0.1, 0.15) is 5.60 Å². The van der Waals surface area contributed by atoms with Gasteiger partial charge in [-0.3, -0.25) is 4.79 Å². The Labute approximate surface area is 109 Å². The third-order valence-corrected chi connectivity index (χ3v) is 3.04. The number of rotatable bonds is 1. The fourth-order valence-corrected chi connectivity index (χ4v) is 2.09. The molecule has 1 unspecified atom stereocenters. The molecule has 0 aliphatic carbocycles. The van der Waals surface area contributed by atoms with Crippen LogP contribution >= 0.6 is 0 Å². The molecule has 1 fully saturated rings. The van der Waals surface area contributed by atoms with Crippen molar-refractivity contribution in [3.05, 3.63) is 0 Å². The number of piperidine rings is 1. The number of ether oxygens (including phenoxy) is 1. The fourth-order valence-electron chi connectivity index (χ4n) is 2.09. The van der Waals surface area contributed by atoms with Gasteiger partial charge in [-0.05, 0) is 47.2 Å². The number of hydrogen-bond donors (Lipinski definition) is 0. The van der Waals surface area contributed by atoms with Gasteiger partial charge in [-0.25, -0.2) is 4.79 Å². The maximum absolute atomic E-state index is 12.0. The van der Waals surface area contributed by atoms with E-state index in [2.05, 4.69) is 4.90 Å². The highest BCUT2D eigenvalue weighted by molar-refractivity contribution is 6.32. The number of hydrogen-bond acceptors (Lipinski definition) is 4. The Morgan fingerprint density at radius 1 is 1.33 bits per heavy atom. The molecule has 0 radical (unpaired) electrons. The summed E-state index contributed by atoms with van der Waals surface area (Å²) in [6.45, 7) is 7.13. The van der Waals surface area contributed by atoms with Crippen molar-refractivity contribution in [1.29, 1.82) is 0 Å². The SMILES string of the molecule is CN1CCCC(N(C)C(=O)C(=O)OC(C)(C)C)C1. The maximum Gasteiger partial charge on any atom is 0.397 e. The minimum Gasteiger partial charge on any atom is -0.453 e. The predicted octanol–water partition coefficient (Wildman–Crippen LogP) is 0.881. The lowest BCUT2D eigenvalue weighted by Crippen LogP contribution is -2.50. The topological polar surface area (TPSA) is 49.9 Å². The van der Waals surface area contributed by atoms with Crippen LogP contribution in [0.1, 0.15) is 33.6 Å². The van der Waals surface area contributed by atoms with Gasteiger partial charge >= 0.3 is 11.9 Å². The quantitative estimate of drug-likeness (QED) is 0.516. The number of likely N-dealkylation sites (N-methyl/N-ethyl adjacent to an activating group) is 2. The van der Waals surface area contributed by atoms with Crippen molar-refractivity contribution < 1.29 is 14.3 Å². The van der Waals surface area contributed by atoms with Crippen LogP contribution in [0.4, 0.5) is 0 Å². The zero-order valence-corrected chi connectivity index (χ0v) is 12.0. The van der Waals surface area contributed by atoms with E-state index in [1.54, 1.807) is 27.8 Å². The van der Waals surface area contributed by atoms with Gasteiger partial charge in [0, 0.05) is 19.6 Å². The molecular formula is C13H24N2O3. The highest BCUT2D eigenvalue weighted by Crippen LogP contribution is 2.15. The summed E-state index contributed by atoms with van der Waals surface area (Å²) in [7, 11) is 3.70. The van der Waals surface area contributed by atoms with Gasteiger partial charge in [0.05, 0.1) is 0 Å². The Bertz CT molecular complexity index is 323. The van der Waals surface area contributed by atoms with Crippen molar-refractivity contribution in [3.8, 4) is 0 Å². The summed E-state index contributed by atoms with van der Waals surface area (Å²) < 4.78 is 5.09. The number of carbonyl (C=O) groups is 2. The molecule has 1 amide bonds. The molecule has 1 rings (SSSR count). The molecule has 0 N–H and O–H groups in total. The minimum atomic E-state index is -0.766. The number of amides is 1. The zero-order valence-electron chi connectivity index (χ0n) is 12.0. The van der Waals surface area contributed by atoms with E-state index in [1.165, 1.54) is 4.90 Å². The Balaban J connectivity index is 2.57. The second kappa shape index (κ2) is 5.69. The lowest BCUT2D eigenvalue weighted by Gasteiger charge is -2.35. The molecule has 104 valence electrons. The van der Waals surface area contributed by atoms with Crippen LogP contribution in [-0.4, -0.2) is 60.5 Å². The molecule has 1 saturated heterocycles. The van der Waals surface area contributed by atoms with Crippen molar-refractivity contribution in [2.45, 2.75) is 45.3 Å². The summed E-state index contributed by atoms with van der Waals surface area (Å²) in [5.41, 5.74) is -0.628. The Morgan fingerprint density at radius 3 is 2.44 bits per heavy atom. The third-order valence-electron chi connectivity index (χ3n) is 3.04. The van der Waals surface area contributed by atoms with E-state index in [4.69, 9.17) is 4.74 Å². The first-order valence-electron chi connectivity index (χ1n) is 6.39. The standard InChI is InChI=1S/C13H24N2O3/c1-13(2,3)18-12(17)11(16)15(5)10-7-6-8-14(4)9-10/h10H,6-9H2,1-5H3. The van der Waals surface area contributed by atoms with Crippen LogP contribution in [0.15, 0.2) is 0 Å². The third kappa shape index (κ3) is 4.29. The molecule has 0 aromatic rings. The summed E-state index contributed by atoms with van der Waals surface area (Å²) in [5.74, 6) is -1.32. The average molecular weight is 256 g/mol. The lowest BCUT2D eigenvalue weighted by atomic mass is 10.1. The van der Waals surface area contributed by atoms with Crippen LogP contribution in [0, 0.1) is 0 Å². The zero-order chi connectivity index (χ0) is 13.9. The second-order valence-corrected chi connectivity index (χ2v) is 5.98. The van der Waals surface area contributed by atoms with Crippen molar-refractivity contribution in [2.75, 3.05) is 27.2 Å². The van der Waals surface area contributed by atoms with Crippen LogP contribution in [-0.2, 0) is 14.3 Å². The van der Waals surface area contributed by atoms with E-state index in [0.717, 1.165) is 25.9 Å². The highest BCUT2D eigenvalue weighted by atomic mass is 16.6. The van der Waals surface area contributed by atoms with E-state index < -0.39 is 17.5 Å². The molecule has 5 heteroatoms. The maximum atomic E-state index is 12.0. The number of likely N-dealkylation sites (tertiary alicyclic amines) is 1. The van der Waals surface area contributed by atoms with E-state index in [0.29, 0.717) is 0 Å². The van der Waals surface area contributed by atoms with Crippen LogP contribution in [0.2, 0.25) is 0 Å². The molecule has 5 nitrogen and oxygen atoms in total. The van der Waals surface area contributed by atoms with Gasteiger partial charge in [-0.15, -0.1) is 0 Å². The van der Waals surface area contributed by atoms with E-state index in [9.17, 15) is 9.59 Å². The number of nitrogens with zero attached hydrogens (tertiary/aromatic N) is 2. The molecule has 1 atom stereocenters. The van der Waals surface area contributed by atoms with E-state index in [-0.39, 0.29) is 6.04 Å². The summed E-state index contributed by atoms with van der Waals surface area (Å²) in [5, 5.41) is 0. The van der Waals surface area contributed by atoms with Crippen LogP contribution in [0.25, 0.3) is 0 Å². The van der Waals surface area contributed by atoms with Crippen molar-refractivity contribution >= 4 is 11.9 Å². The first-order valence-corrected chi connectivity index (χ1v) is 6.39. The molecular weight excluding hydrogens is 232 g/mol. The summed E-state index contributed by atoms with van der Waals surface area (Å²) in [6, 6.07) is 0.101. The van der Waals surface area contributed by atoms with Crippen LogP contribution in [0.5, 0.6) is 0 Å². The molecule has 0 saturated carbocycles. The fraction of sp³-hybridized carbons (Fsp3) is 0.846. The summed E-state index contributed by atoms with van der Waals surface area (Å²) in [6.07, 6.45) is 1.99. The molecule has 18 heavy (non-hydrogen) atoms. The Morgan fingerprint density at radius 2 is 1.94 bits per heavy atom. The van der Waals surface area contributed by atoms with E-state index >= 15 is 0 Å². The monoisotopic (exact) mass is 256 g/mol. The molecule has 1 heterocycles. The summed E-state index contributed by atoms with van der Waals surface area (Å²) >= 11 is 0. The lowest BCUT2D eigenvalue weighted by molar-refractivity contribution is -0.168. The van der Waals surface area contributed by atoms with E-state index in [1.807, 2.05) is 7.05 Å². The van der Waals surface area contributed by atoms with Gasteiger partial charge in [-0.1, -0.05) is 0 Å². The molecule has 1 aliphatic rings. The minimum absolute atomic E-state index is 0.101. The first-order chi connectivity index (χ1) is 8.20. The van der Waals surface area contributed by atoms with Gasteiger partial charge in [0.2, 0.25) is 0 Å². The molecule has 0 spiro atoms. The predicted molar refractivity (Wildman–Crippen MR) is 69.1 cm³/mol. The van der Waals surface area contributed by atoms with Crippen molar-refractivity contribution in [3.63, 3.8) is 0 Å². The highest BCUT2D eigenvalue weighted by Gasteiger charge is 2.31. The van der Waals surface area contributed by atoms with Crippen molar-refractivity contribution in [2.24, 2.45) is 0 Å². The smallest absolute Gasteiger partial charge is 0.397 e. The largest absolute Gasteiger partial charge is 0.453 e.